The molecule has 0 radical (unpaired) electrons. The fourth-order valence-corrected chi connectivity index (χ4v) is 3.03. The van der Waals surface area contributed by atoms with Crippen LogP contribution >= 0.6 is 0 Å². The average Bonchev–Trinajstić information content (AvgIpc) is 2.98. The molecule has 3 rings (SSSR count). The minimum absolute atomic E-state index is 0.0221. The van der Waals surface area contributed by atoms with Crippen molar-refractivity contribution in [1.29, 1.82) is 0 Å². The zero-order valence-corrected chi connectivity index (χ0v) is 16.1. The highest BCUT2D eigenvalue weighted by molar-refractivity contribution is 5.93. The summed E-state index contributed by atoms with van der Waals surface area (Å²) in [6.07, 6.45) is 1.19. The van der Waals surface area contributed by atoms with Crippen LogP contribution in [0.15, 0.2) is 53.3 Å². The van der Waals surface area contributed by atoms with E-state index in [2.05, 4.69) is 10.6 Å². The number of amides is 2. The summed E-state index contributed by atoms with van der Waals surface area (Å²) in [4.78, 5) is 37.2. The SMILES string of the molecule is CCCNC(=O)Cn1c2ccc(NC(=O)CC)cc2c(=O)n1-c1ccccc1. The van der Waals surface area contributed by atoms with Crippen LogP contribution in [0.5, 0.6) is 0 Å². The van der Waals surface area contributed by atoms with E-state index in [0.717, 1.165) is 6.42 Å². The van der Waals surface area contributed by atoms with E-state index >= 15 is 0 Å². The largest absolute Gasteiger partial charge is 0.355 e. The van der Waals surface area contributed by atoms with E-state index in [1.54, 1.807) is 29.8 Å². The number of hydrogen-bond donors (Lipinski definition) is 2. The number of para-hydroxylation sites is 1. The predicted octanol–water partition coefficient (Wildman–Crippen LogP) is 2.67. The van der Waals surface area contributed by atoms with E-state index in [9.17, 15) is 14.4 Å². The predicted molar refractivity (Wildman–Crippen MR) is 110 cm³/mol. The topological polar surface area (TPSA) is 85.1 Å². The van der Waals surface area contributed by atoms with Crippen molar-refractivity contribution < 1.29 is 9.59 Å². The van der Waals surface area contributed by atoms with E-state index in [1.165, 1.54) is 4.68 Å². The molecule has 2 amide bonds. The van der Waals surface area contributed by atoms with Crippen molar-refractivity contribution >= 4 is 28.4 Å². The Morgan fingerprint density at radius 2 is 1.75 bits per heavy atom. The molecule has 0 atom stereocenters. The van der Waals surface area contributed by atoms with E-state index in [4.69, 9.17) is 0 Å². The Morgan fingerprint density at radius 3 is 2.43 bits per heavy atom. The molecule has 28 heavy (non-hydrogen) atoms. The van der Waals surface area contributed by atoms with Crippen molar-refractivity contribution in [2.45, 2.75) is 33.2 Å². The quantitative estimate of drug-likeness (QED) is 0.661. The molecule has 2 aromatic carbocycles. The summed E-state index contributed by atoms with van der Waals surface area (Å²) >= 11 is 0. The van der Waals surface area contributed by atoms with Crippen LogP contribution in [0.2, 0.25) is 0 Å². The molecule has 3 aromatic rings. The smallest absolute Gasteiger partial charge is 0.279 e. The van der Waals surface area contributed by atoms with Crippen LogP contribution in [0, 0.1) is 0 Å². The molecule has 7 heteroatoms. The molecule has 0 saturated carbocycles. The van der Waals surface area contributed by atoms with Gasteiger partial charge in [-0.1, -0.05) is 32.0 Å². The van der Waals surface area contributed by atoms with Crippen molar-refractivity contribution in [2.24, 2.45) is 0 Å². The summed E-state index contributed by atoms with van der Waals surface area (Å²) in [7, 11) is 0. The Balaban J connectivity index is 2.13. The third kappa shape index (κ3) is 3.98. The number of carbonyl (C=O) groups excluding carboxylic acids is 2. The standard InChI is InChI=1S/C21H24N4O3/c1-3-12-22-20(27)14-24-18-11-10-15(23-19(26)4-2)13-17(18)21(28)25(24)16-8-6-5-7-9-16/h5-11,13H,3-4,12,14H2,1-2H3,(H,22,27)(H,23,26). The third-order valence-corrected chi connectivity index (χ3v) is 4.41. The lowest BCUT2D eigenvalue weighted by Crippen LogP contribution is -2.31. The second kappa shape index (κ2) is 8.56. The molecular weight excluding hydrogens is 356 g/mol. The first-order chi connectivity index (χ1) is 13.5. The zero-order chi connectivity index (χ0) is 20.1. The van der Waals surface area contributed by atoms with Crippen LogP contribution in [-0.2, 0) is 16.1 Å². The number of nitrogens with zero attached hydrogens (tertiary/aromatic N) is 2. The van der Waals surface area contributed by atoms with Crippen LogP contribution in [-0.4, -0.2) is 27.7 Å². The van der Waals surface area contributed by atoms with Crippen LogP contribution in [0.3, 0.4) is 0 Å². The molecule has 146 valence electrons. The number of anilines is 1. The molecular formula is C21H24N4O3. The highest BCUT2D eigenvalue weighted by atomic mass is 16.2. The molecule has 0 fully saturated rings. The van der Waals surface area contributed by atoms with Crippen molar-refractivity contribution in [2.75, 3.05) is 11.9 Å². The molecule has 0 aliphatic rings. The van der Waals surface area contributed by atoms with Gasteiger partial charge in [-0.25, -0.2) is 4.68 Å². The lowest BCUT2D eigenvalue weighted by molar-refractivity contribution is -0.121. The van der Waals surface area contributed by atoms with E-state index in [0.29, 0.717) is 35.2 Å². The van der Waals surface area contributed by atoms with Gasteiger partial charge in [-0.3, -0.25) is 19.1 Å². The number of benzene rings is 2. The Morgan fingerprint density at radius 1 is 1.00 bits per heavy atom. The Kier molecular flexibility index (Phi) is 5.93. The Bertz CT molecular complexity index is 1050. The third-order valence-electron chi connectivity index (χ3n) is 4.41. The maximum Gasteiger partial charge on any atom is 0.279 e. The summed E-state index contributed by atoms with van der Waals surface area (Å²) < 4.78 is 3.17. The van der Waals surface area contributed by atoms with Gasteiger partial charge in [0, 0.05) is 18.7 Å². The summed E-state index contributed by atoms with van der Waals surface area (Å²) in [5, 5.41) is 6.06. The lowest BCUT2D eigenvalue weighted by atomic mass is 10.2. The van der Waals surface area contributed by atoms with Gasteiger partial charge in [0.25, 0.3) is 5.56 Å². The minimum atomic E-state index is -0.239. The number of hydrogen-bond acceptors (Lipinski definition) is 3. The molecule has 2 N–H and O–H groups in total. The molecule has 0 saturated heterocycles. The van der Waals surface area contributed by atoms with Gasteiger partial charge in [-0.15, -0.1) is 0 Å². The van der Waals surface area contributed by atoms with Crippen molar-refractivity contribution in [3.8, 4) is 5.69 Å². The van der Waals surface area contributed by atoms with Gasteiger partial charge in [0.15, 0.2) is 0 Å². The van der Waals surface area contributed by atoms with Gasteiger partial charge >= 0.3 is 0 Å². The maximum absolute atomic E-state index is 13.2. The highest BCUT2D eigenvalue weighted by Gasteiger charge is 2.17. The first kappa shape index (κ1) is 19.4. The van der Waals surface area contributed by atoms with Gasteiger partial charge in [0.1, 0.15) is 6.54 Å². The van der Waals surface area contributed by atoms with Gasteiger partial charge in [0.05, 0.1) is 16.6 Å². The fraction of sp³-hybridized carbons (Fsp3) is 0.286. The molecule has 7 nitrogen and oxygen atoms in total. The molecule has 1 aromatic heterocycles. The molecule has 1 heterocycles. The van der Waals surface area contributed by atoms with Crippen LogP contribution < -0.4 is 16.2 Å². The van der Waals surface area contributed by atoms with Crippen molar-refractivity contribution in [3.05, 3.63) is 58.9 Å². The van der Waals surface area contributed by atoms with Crippen LogP contribution in [0.25, 0.3) is 16.6 Å². The van der Waals surface area contributed by atoms with Gasteiger partial charge in [-0.2, -0.15) is 0 Å². The van der Waals surface area contributed by atoms with Crippen LogP contribution in [0.1, 0.15) is 26.7 Å². The Hall–Kier alpha value is -3.35. The second-order valence-corrected chi connectivity index (χ2v) is 6.49. The van der Waals surface area contributed by atoms with Gasteiger partial charge < -0.3 is 10.6 Å². The number of rotatable bonds is 7. The maximum atomic E-state index is 13.2. The van der Waals surface area contributed by atoms with Crippen molar-refractivity contribution in [3.63, 3.8) is 0 Å². The van der Waals surface area contributed by atoms with Gasteiger partial charge in [-0.05, 0) is 36.8 Å². The highest BCUT2D eigenvalue weighted by Crippen LogP contribution is 2.20. The Labute approximate surface area is 162 Å². The summed E-state index contributed by atoms with van der Waals surface area (Å²) in [6, 6.07) is 14.3. The lowest BCUT2D eigenvalue weighted by Gasteiger charge is -2.13. The first-order valence-corrected chi connectivity index (χ1v) is 9.42. The molecule has 0 spiro atoms. The van der Waals surface area contributed by atoms with Gasteiger partial charge in [0.2, 0.25) is 11.8 Å². The number of fused-ring (bicyclic) bond motifs is 1. The summed E-state index contributed by atoms with van der Waals surface area (Å²) in [5.74, 6) is -0.284. The number of aromatic nitrogens is 2. The fourth-order valence-electron chi connectivity index (χ4n) is 3.03. The molecule has 0 bridgehead atoms. The summed E-state index contributed by atoms with van der Waals surface area (Å²) in [5.41, 5.74) is 1.63. The molecule has 0 aliphatic heterocycles. The van der Waals surface area contributed by atoms with Crippen molar-refractivity contribution in [1.82, 2.24) is 14.7 Å². The van der Waals surface area contributed by atoms with E-state index < -0.39 is 0 Å². The second-order valence-electron chi connectivity index (χ2n) is 6.49. The van der Waals surface area contributed by atoms with E-state index in [-0.39, 0.29) is 23.9 Å². The molecule has 0 aliphatic carbocycles. The first-order valence-electron chi connectivity index (χ1n) is 9.42. The normalized spacial score (nSPS) is 10.8. The summed E-state index contributed by atoms with van der Waals surface area (Å²) in [6.45, 7) is 4.36. The monoisotopic (exact) mass is 380 g/mol. The molecule has 0 unspecified atom stereocenters. The average molecular weight is 380 g/mol. The number of carbonyl (C=O) groups is 2. The number of nitrogens with one attached hydrogen (secondary N) is 2. The minimum Gasteiger partial charge on any atom is -0.355 e. The zero-order valence-electron chi connectivity index (χ0n) is 16.1. The van der Waals surface area contributed by atoms with Crippen LogP contribution in [0.4, 0.5) is 5.69 Å². The van der Waals surface area contributed by atoms with E-state index in [1.807, 2.05) is 37.3 Å².